The Hall–Kier alpha value is -0.0300. The van der Waals surface area contributed by atoms with Gasteiger partial charge in [-0.15, -0.1) is 11.8 Å². The van der Waals surface area contributed by atoms with Gasteiger partial charge in [-0.1, -0.05) is 15.9 Å². The average Bonchev–Trinajstić information content (AvgIpc) is 2.38. The van der Waals surface area contributed by atoms with Crippen molar-refractivity contribution < 1.29 is 9.47 Å². The van der Waals surface area contributed by atoms with Gasteiger partial charge in [0.2, 0.25) is 0 Å². The predicted molar refractivity (Wildman–Crippen MR) is 74.3 cm³/mol. The molecule has 0 aliphatic carbocycles. The second-order valence-electron chi connectivity index (χ2n) is 4.06. The highest BCUT2D eigenvalue weighted by molar-refractivity contribution is 9.10. The van der Waals surface area contributed by atoms with Crippen molar-refractivity contribution in [3.05, 3.63) is 28.2 Å². The number of benzene rings is 1. The minimum absolute atomic E-state index is 0.0163. The smallest absolute Gasteiger partial charge is 0.158 e. The minimum atomic E-state index is -0.0163. The number of ether oxygens (including phenoxy) is 2. The van der Waals surface area contributed by atoms with E-state index in [4.69, 9.17) is 9.47 Å². The molecule has 1 saturated heterocycles. The third-order valence-corrected chi connectivity index (χ3v) is 4.14. The van der Waals surface area contributed by atoms with Crippen molar-refractivity contribution in [2.75, 3.05) is 12.9 Å². The molecule has 0 amide bonds. The molecule has 1 aromatic rings. The molecule has 0 N–H and O–H groups in total. The fourth-order valence-electron chi connectivity index (χ4n) is 1.89. The molecule has 2 rings (SSSR count). The van der Waals surface area contributed by atoms with E-state index in [0.717, 1.165) is 23.9 Å². The zero-order valence-electron chi connectivity index (χ0n) is 9.95. The fourth-order valence-corrected chi connectivity index (χ4v) is 2.88. The van der Waals surface area contributed by atoms with E-state index in [0.29, 0.717) is 6.61 Å². The van der Waals surface area contributed by atoms with E-state index in [2.05, 4.69) is 40.4 Å². The number of halogens is 1. The molecule has 1 unspecified atom stereocenters. The molecule has 4 heteroatoms. The van der Waals surface area contributed by atoms with Gasteiger partial charge in [0.1, 0.15) is 0 Å². The van der Waals surface area contributed by atoms with E-state index in [1.165, 1.54) is 16.9 Å². The van der Waals surface area contributed by atoms with Crippen LogP contribution in [0.4, 0.5) is 0 Å². The fraction of sp³-hybridized carbons (Fsp3) is 0.538. The van der Waals surface area contributed by atoms with Gasteiger partial charge in [-0.3, -0.25) is 0 Å². The molecule has 1 aliphatic rings. The molecule has 0 bridgehead atoms. The van der Waals surface area contributed by atoms with Crippen molar-refractivity contribution in [3.8, 4) is 0 Å². The Balaban J connectivity index is 1.95. The van der Waals surface area contributed by atoms with Crippen LogP contribution in [0.3, 0.4) is 0 Å². The molecule has 94 valence electrons. The third-order valence-electron chi connectivity index (χ3n) is 2.81. The molecule has 0 saturated carbocycles. The maximum absolute atomic E-state index is 5.81. The normalized spacial score (nSPS) is 20.5. The first-order valence-corrected chi connectivity index (χ1v) is 7.87. The summed E-state index contributed by atoms with van der Waals surface area (Å²) in [4.78, 5) is 1.27. The lowest BCUT2D eigenvalue weighted by atomic mass is 10.2. The summed E-state index contributed by atoms with van der Waals surface area (Å²) in [5.74, 6) is 0. The van der Waals surface area contributed by atoms with Crippen molar-refractivity contribution in [2.45, 2.75) is 37.1 Å². The van der Waals surface area contributed by atoms with Crippen LogP contribution < -0.4 is 0 Å². The molecular formula is C13H17BrO2S. The van der Waals surface area contributed by atoms with Crippen LogP contribution in [0.15, 0.2) is 27.6 Å². The summed E-state index contributed by atoms with van der Waals surface area (Å²) >= 11 is 5.24. The number of rotatable bonds is 4. The van der Waals surface area contributed by atoms with Gasteiger partial charge in [-0.25, -0.2) is 0 Å². The lowest BCUT2D eigenvalue weighted by Gasteiger charge is -2.23. The Morgan fingerprint density at radius 1 is 1.47 bits per heavy atom. The van der Waals surface area contributed by atoms with Crippen LogP contribution in [0.1, 0.15) is 24.8 Å². The van der Waals surface area contributed by atoms with Crippen molar-refractivity contribution in [2.24, 2.45) is 0 Å². The Morgan fingerprint density at radius 3 is 3.06 bits per heavy atom. The van der Waals surface area contributed by atoms with E-state index < -0.39 is 0 Å². The molecular weight excluding hydrogens is 300 g/mol. The summed E-state index contributed by atoms with van der Waals surface area (Å²) in [5.41, 5.74) is 1.22. The summed E-state index contributed by atoms with van der Waals surface area (Å²) in [6.45, 7) is 1.46. The maximum Gasteiger partial charge on any atom is 0.158 e. The lowest BCUT2D eigenvalue weighted by molar-refractivity contribution is -0.169. The number of thioether (sulfide) groups is 1. The minimum Gasteiger partial charge on any atom is -0.353 e. The predicted octanol–water partition coefficient (Wildman–Crippen LogP) is 4.21. The standard InChI is InChI=1S/C13H17BrO2S/c1-17-12-6-5-11(14)8-10(12)9-16-13-4-2-3-7-15-13/h5-6,8,13H,2-4,7,9H2,1H3. The summed E-state index contributed by atoms with van der Waals surface area (Å²) in [7, 11) is 0. The zero-order chi connectivity index (χ0) is 12.1. The molecule has 0 radical (unpaired) electrons. The van der Waals surface area contributed by atoms with E-state index >= 15 is 0 Å². The monoisotopic (exact) mass is 316 g/mol. The molecule has 1 aliphatic heterocycles. The van der Waals surface area contributed by atoms with Gasteiger partial charge in [0, 0.05) is 16.0 Å². The summed E-state index contributed by atoms with van der Waals surface area (Å²) in [6.07, 6.45) is 5.45. The Kier molecular flexibility index (Phi) is 5.35. The van der Waals surface area contributed by atoms with Gasteiger partial charge < -0.3 is 9.47 Å². The maximum atomic E-state index is 5.81. The first kappa shape index (κ1) is 13.4. The van der Waals surface area contributed by atoms with Gasteiger partial charge in [-0.2, -0.15) is 0 Å². The van der Waals surface area contributed by atoms with Gasteiger partial charge >= 0.3 is 0 Å². The van der Waals surface area contributed by atoms with Crippen molar-refractivity contribution in [1.82, 2.24) is 0 Å². The van der Waals surface area contributed by atoms with Crippen molar-refractivity contribution in [1.29, 1.82) is 0 Å². The topological polar surface area (TPSA) is 18.5 Å². The lowest BCUT2D eigenvalue weighted by Crippen LogP contribution is -2.22. The van der Waals surface area contributed by atoms with Crippen LogP contribution in [-0.4, -0.2) is 19.2 Å². The van der Waals surface area contributed by atoms with E-state index in [9.17, 15) is 0 Å². The Bertz CT molecular complexity index is 364. The van der Waals surface area contributed by atoms with E-state index in [1.807, 2.05) is 0 Å². The second-order valence-corrected chi connectivity index (χ2v) is 5.83. The molecule has 0 aromatic heterocycles. The van der Waals surface area contributed by atoms with Crippen LogP contribution in [0.5, 0.6) is 0 Å². The van der Waals surface area contributed by atoms with Crippen LogP contribution in [-0.2, 0) is 16.1 Å². The first-order valence-electron chi connectivity index (χ1n) is 5.85. The quantitative estimate of drug-likeness (QED) is 0.775. The van der Waals surface area contributed by atoms with E-state index in [1.54, 1.807) is 11.8 Å². The average molecular weight is 317 g/mol. The largest absolute Gasteiger partial charge is 0.353 e. The van der Waals surface area contributed by atoms with Crippen LogP contribution >= 0.6 is 27.7 Å². The summed E-state index contributed by atoms with van der Waals surface area (Å²) < 4.78 is 12.5. The van der Waals surface area contributed by atoms with Gasteiger partial charge in [-0.05, 0) is 49.3 Å². The van der Waals surface area contributed by atoms with Gasteiger partial charge in [0.15, 0.2) is 6.29 Å². The summed E-state index contributed by atoms with van der Waals surface area (Å²) in [5, 5.41) is 0. The van der Waals surface area contributed by atoms with Crippen molar-refractivity contribution in [3.63, 3.8) is 0 Å². The van der Waals surface area contributed by atoms with Crippen molar-refractivity contribution >= 4 is 27.7 Å². The van der Waals surface area contributed by atoms with Gasteiger partial charge in [0.05, 0.1) is 6.61 Å². The Morgan fingerprint density at radius 2 is 2.35 bits per heavy atom. The highest BCUT2D eigenvalue weighted by atomic mass is 79.9. The molecule has 1 fully saturated rings. The number of hydrogen-bond acceptors (Lipinski definition) is 3. The third kappa shape index (κ3) is 3.98. The van der Waals surface area contributed by atoms with Crippen LogP contribution in [0.2, 0.25) is 0 Å². The molecule has 0 spiro atoms. The van der Waals surface area contributed by atoms with Crippen LogP contribution in [0, 0.1) is 0 Å². The zero-order valence-corrected chi connectivity index (χ0v) is 12.4. The molecule has 17 heavy (non-hydrogen) atoms. The first-order chi connectivity index (χ1) is 8.29. The Labute approximate surface area is 115 Å². The second kappa shape index (κ2) is 6.78. The summed E-state index contributed by atoms with van der Waals surface area (Å²) in [6, 6.07) is 6.30. The number of hydrogen-bond donors (Lipinski definition) is 0. The van der Waals surface area contributed by atoms with E-state index in [-0.39, 0.29) is 6.29 Å². The van der Waals surface area contributed by atoms with Gasteiger partial charge in [0.25, 0.3) is 0 Å². The highest BCUT2D eigenvalue weighted by Crippen LogP contribution is 2.26. The molecule has 1 atom stereocenters. The highest BCUT2D eigenvalue weighted by Gasteiger charge is 2.14. The molecule has 1 heterocycles. The SMILES string of the molecule is CSc1ccc(Br)cc1COC1CCCCO1. The van der Waals surface area contributed by atoms with Crippen LogP contribution in [0.25, 0.3) is 0 Å². The molecule has 2 nitrogen and oxygen atoms in total. The molecule has 1 aromatic carbocycles.